The number of amides is 2. The lowest BCUT2D eigenvalue weighted by Gasteiger charge is -2.28. The van der Waals surface area contributed by atoms with E-state index in [2.05, 4.69) is 46.7 Å². The number of nitrogens with zero attached hydrogens (tertiary/aromatic N) is 2. The van der Waals surface area contributed by atoms with Crippen molar-refractivity contribution in [1.29, 1.82) is 0 Å². The van der Waals surface area contributed by atoms with Crippen molar-refractivity contribution in [1.82, 2.24) is 20.4 Å². The number of allylic oxidation sites excluding steroid dienone is 1. The molecule has 1 heterocycles. The lowest BCUT2D eigenvalue weighted by molar-refractivity contribution is -0.127. The van der Waals surface area contributed by atoms with Crippen LogP contribution in [0.2, 0.25) is 0 Å². The maximum Gasteiger partial charge on any atom is 0.255 e. The van der Waals surface area contributed by atoms with Crippen molar-refractivity contribution in [3.8, 4) is 0 Å². The van der Waals surface area contributed by atoms with Crippen molar-refractivity contribution >= 4 is 11.8 Å². The first-order valence-corrected chi connectivity index (χ1v) is 11.3. The van der Waals surface area contributed by atoms with E-state index in [9.17, 15) is 9.59 Å². The minimum Gasteiger partial charge on any atom is -0.349 e. The zero-order valence-corrected chi connectivity index (χ0v) is 18.1. The first-order chi connectivity index (χ1) is 14.5. The fraction of sp³-hybridized carbons (Fsp3) is 0.583. The third-order valence-corrected chi connectivity index (χ3v) is 6.89. The third kappa shape index (κ3) is 4.93. The van der Waals surface area contributed by atoms with Gasteiger partial charge in [0.25, 0.3) is 5.91 Å². The van der Waals surface area contributed by atoms with Crippen LogP contribution >= 0.6 is 0 Å². The first-order valence-electron chi connectivity index (χ1n) is 11.3. The van der Waals surface area contributed by atoms with Gasteiger partial charge in [0.2, 0.25) is 5.91 Å². The fourth-order valence-electron chi connectivity index (χ4n) is 4.53. The Bertz CT molecular complexity index is 791. The predicted octanol–water partition coefficient (Wildman–Crippen LogP) is 2.12. The van der Waals surface area contributed by atoms with Gasteiger partial charge in [0.1, 0.15) is 0 Å². The minimum atomic E-state index is -0.0850. The van der Waals surface area contributed by atoms with E-state index < -0.39 is 0 Å². The van der Waals surface area contributed by atoms with E-state index in [4.69, 9.17) is 0 Å². The molecule has 0 spiro atoms. The summed E-state index contributed by atoms with van der Waals surface area (Å²) in [5, 5.41) is 6.09. The van der Waals surface area contributed by atoms with Gasteiger partial charge < -0.3 is 15.5 Å². The summed E-state index contributed by atoms with van der Waals surface area (Å²) in [5.41, 5.74) is 1.53. The standard InChI is InChI=1S/C24H34N4O2/c1-27(2)22-14-15-28(16-22)21-12-10-20(11-13-21)26-24(30)18-6-8-19(9-7-18)25-23(29)17-4-3-5-17/h6-8,10-12,17,19,21-22H,3-5,9,13-16H2,1-2H3,(H,25,29)(H,26,30). The number of likely N-dealkylation sites (tertiary alicyclic amines) is 1. The Balaban J connectivity index is 1.22. The highest BCUT2D eigenvalue weighted by atomic mass is 16.2. The van der Waals surface area contributed by atoms with Crippen LogP contribution < -0.4 is 10.6 Å². The average Bonchev–Trinajstić information content (AvgIpc) is 3.18. The Morgan fingerprint density at radius 1 is 1.07 bits per heavy atom. The van der Waals surface area contributed by atoms with Crippen LogP contribution in [0.25, 0.3) is 0 Å². The van der Waals surface area contributed by atoms with Crippen molar-refractivity contribution in [2.24, 2.45) is 5.92 Å². The van der Waals surface area contributed by atoms with Crippen molar-refractivity contribution in [2.45, 2.75) is 56.7 Å². The molecule has 0 bridgehead atoms. The normalized spacial score (nSPS) is 29.4. The lowest BCUT2D eigenvalue weighted by atomic mass is 9.84. The SMILES string of the molecule is CN(C)C1CCN(C2C=CC(NC(=O)C3=CCC(NC(=O)C4CCC4)C=C3)=CC2)C1. The first kappa shape index (κ1) is 21.1. The average molecular weight is 411 g/mol. The van der Waals surface area contributed by atoms with Gasteiger partial charge in [-0.1, -0.05) is 36.8 Å². The topological polar surface area (TPSA) is 64.7 Å². The Hall–Kier alpha value is -2.18. The van der Waals surface area contributed by atoms with Crippen molar-refractivity contribution in [3.63, 3.8) is 0 Å². The van der Waals surface area contributed by atoms with E-state index in [0.717, 1.165) is 44.5 Å². The second-order valence-electron chi connectivity index (χ2n) is 9.17. The van der Waals surface area contributed by atoms with Gasteiger partial charge in [0.05, 0.1) is 6.04 Å². The van der Waals surface area contributed by atoms with E-state index >= 15 is 0 Å². The summed E-state index contributed by atoms with van der Waals surface area (Å²) >= 11 is 0. The Kier molecular flexibility index (Phi) is 6.54. The second kappa shape index (κ2) is 9.31. The molecule has 0 aromatic heterocycles. The fourth-order valence-corrected chi connectivity index (χ4v) is 4.53. The quantitative estimate of drug-likeness (QED) is 0.704. The number of carbonyl (C=O) groups is 2. The number of carbonyl (C=O) groups excluding carboxylic acids is 2. The van der Waals surface area contributed by atoms with Crippen LogP contribution in [-0.2, 0) is 9.59 Å². The summed E-state index contributed by atoms with van der Waals surface area (Å²) in [6.45, 7) is 2.23. The Morgan fingerprint density at radius 3 is 2.47 bits per heavy atom. The lowest BCUT2D eigenvalue weighted by Crippen LogP contribution is -2.40. The molecule has 0 aromatic rings. The summed E-state index contributed by atoms with van der Waals surface area (Å²) in [5.74, 6) is 0.257. The smallest absolute Gasteiger partial charge is 0.255 e. The molecule has 1 aliphatic heterocycles. The second-order valence-corrected chi connectivity index (χ2v) is 9.17. The molecule has 3 unspecified atom stereocenters. The molecule has 1 saturated carbocycles. The van der Waals surface area contributed by atoms with Gasteiger partial charge in [0, 0.05) is 42.4 Å². The number of hydrogen-bond donors (Lipinski definition) is 2. The van der Waals surface area contributed by atoms with Crippen molar-refractivity contribution in [3.05, 3.63) is 47.7 Å². The molecule has 3 aliphatic carbocycles. The molecule has 2 amide bonds. The molecule has 4 aliphatic rings. The van der Waals surface area contributed by atoms with E-state index in [-0.39, 0.29) is 23.8 Å². The molecule has 4 rings (SSSR count). The number of rotatable bonds is 6. The van der Waals surface area contributed by atoms with Gasteiger partial charge >= 0.3 is 0 Å². The summed E-state index contributed by atoms with van der Waals surface area (Å²) in [4.78, 5) is 29.5. The Morgan fingerprint density at radius 2 is 1.90 bits per heavy atom. The monoisotopic (exact) mass is 410 g/mol. The number of hydrogen-bond acceptors (Lipinski definition) is 4. The molecule has 6 nitrogen and oxygen atoms in total. The van der Waals surface area contributed by atoms with Crippen LogP contribution in [0.4, 0.5) is 0 Å². The van der Waals surface area contributed by atoms with E-state index in [1.54, 1.807) is 0 Å². The zero-order valence-electron chi connectivity index (χ0n) is 18.1. The number of nitrogens with one attached hydrogen (secondary N) is 2. The van der Waals surface area contributed by atoms with E-state index in [0.29, 0.717) is 24.1 Å². The molecule has 162 valence electrons. The molecule has 30 heavy (non-hydrogen) atoms. The van der Waals surface area contributed by atoms with Crippen molar-refractivity contribution in [2.75, 3.05) is 27.2 Å². The molecule has 2 fully saturated rings. The summed E-state index contributed by atoms with van der Waals surface area (Å²) in [6, 6.07) is 1.05. The summed E-state index contributed by atoms with van der Waals surface area (Å²) in [6.07, 6.45) is 18.0. The molecular formula is C24H34N4O2. The predicted molar refractivity (Wildman–Crippen MR) is 119 cm³/mol. The Labute approximate surface area is 179 Å². The van der Waals surface area contributed by atoms with Gasteiger partial charge in [0.15, 0.2) is 0 Å². The maximum atomic E-state index is 12.6. The molecule has 6 heteroatoms. The summed E-state index contributed by atoms with van der Waals surface area (Å²) in [7, 11) is 4.30. The van der Waals surface area contributed by atoms with E-state index in [1.165, 1.54) is 6.42 Å². The van der Waals surface area contributed by atoms with Crippen LogP contribution in [-0.4, -0.2) is 66.9 Å². The number of likely N-dealkylation sites (N-methyl/N-ethyl adjacent to an activating group) is 1. The van der Waals surface area contributed by atoms with Gasteiger partial charge in [-0.2, -0.15) is 0 Å². The van der Waals surface area contributed by atoms with Gasteiger partial charge in [-0.05, 0) is 52.3 Å². The highest BCUT2D eigenvalue weighted by Crippen LogP contribution is 2.27. The minimum absolute atomic E-state index is 0.00403. The van der Waals surface area contributed by atoms with Crippen LogP contribution in [0.1, 0.15) is 38.5 Å². The van der Waals surface area contributed by atoms with Gasteiger partial charge in [-0.3, -0.25) is 14.5 Å². The highest BCUT2D eigenvalue weighted by molar-refractivity contribution is 5.97. The van der Waals surface area contributed by atoms with Gasteiger partial charge in [-0.15, -0.1) is 0 Å². The van der Waals surface area contributed by atoms with Crippen LogP contribution in [0.5, 0.6) is 0 Å². The molecule has 2 N–H and O–H groups in total. The molecular weight excluding hydrogens is 376 g/mol. The van der Waals surface area contributed by atoms with Gasteiger partial charge in [-0.25, -0.2) is 0 Å². The van der Waals surface area contributed by atoms with Crippen LogP contribution in [0, 0.1) is 5.92 Å². The third-order valence-electron chi connectivity index (χ3n) is 6.89. The molecule has 1 saturated heterocycles. The van der Waals surface area contributed by atoms with Crippen LogP contribution in [0.15, 0.2) is 47.7 Å². The highest BCUT2D eigenvalue weighted by Gasteiger charge is 2.29. The molecule has 0 radical (unpaired) electrons. The molecule has 3 atom stereocenters. The summed E-state index contributed by atoms with van der Waals surface area (Å²) < 4.78 is 0. The zero-order chi connectivity index (χ0) is 21.1. The molecule has 0 aromatic carbocycles. The van der Waals surface area contributed by atoms with E-state index in [1.807, 2.05) is 24.3 Å². The van der Waals surface area contributed by atoms with Crippen LogP contribution in [0.3, 0.4) is 0 Å². The van der Waals surface area contributed by atoms with Crippen molar-refractivity contribution < 1.29 is 9.59 Å². The maximum absolute atomic E-state index is 12.6. The largest absolute Gasteiger partial charge is 0.349 e.